The minimum absolute atomic E-state index is 0.342. The van der Waals surface area contributed by atoms with Gasteiger partial charge in [-0.1, -0.05) is 6.92 Å². The zero-order valence-corrected chi connectivity index (χ0v) is 6.75. The lowest BCUT2D eigenvalue weighted by molar-refractivity contribution is -0.118. The van der Waals surface area contributed by atoms with Gasteiger partial charge in [-0.05, 0) is 6.42 Å². The average Bonchev–Trinajstić information content (AvgIpc) is 2.06. The van der Waals surface area contributed by atoms with Crippen molar-refractivity contribution in [3.05, 3.63) is 0 Å². The van der Waals surface area contributed by atoms with Gasteiger partial charge >= 0.3 is 0 Å². The van der Waals surface area contributed by atoms with Gasteiger partial charge in [0.05, 0.1) is 19.3 Å². The lowest BCUT2D eigenvalue weighted by atomic mass is 10.2. The van der Waals surface area contributed by atoms with Crippen molar-refractivity contribution in [3.8, 4) is 0 Å². The summed E-state index contributed by atoms with van der Waals surface area (Å²) in [5, 5.41) is 1.93. The SMILES string of the molecule is CCC1COCCN1NC=O. The number of rotatable bonds is 3. The van der Waals surface area contributed by atoms with Gasteiger partial charge in [0.25, 0.3) is 0 Å². The third kappa shape index (κ3) is 2.17. The summed E-state index contributed by atoms with van der Waals surface area (Å²) >= 11 is 0. The minimum Gasteiger partial charge on any atom is -0.378 e. The van der Waals surface area contributed by atoms with E-state index in [9.17, 15) is 4.79 Å². The zero-order valence-electron chi connectivity index (χ0n) is 6.75. The summed E-state index contributed by atoms with van der Waals surface area (Å²) in [6.07, 6.45) is 1.72. The maximum atomic E-state index is 10.1. The number of carbonyl (C=O) groups excluding carboxylic acids is 1. The van der Waals surface area contributed by atoms with Crippen LogP contribution in [0, 0.1) is 0 Å². The molecule has 0 aromatic rings. The molecule has 0 bridgehead atoms. The molecule has 0 aliphatic carbocycles. The second kappa shape index (κ2) is 4.31. The predicted octanol–water partition coefficient (Wildman–Crippen LogP) is -0.242. The van der Waals surface area contributed by atoms with Crippen LogP contribution in [-0.4, -0.2) is 37.2 Å². The van der Waals surface area contributed by atoms with Gasteiger partial charge in [0, 0.05) is 6.54 Å². The highest BCUT2D eigenvalue weighted by atomic mass is 16.5. The lowest BCUT2D eigenvalue weighted by Crippen LogP contribution is -2.51. The Kier molecular flexibility index (Phi) is 3.32. The first kappa shape index (κ1) is 8.49. The van der Waals surface area contributed by atoms with Crippen LogP contribution in [0.2, 0.25) is 0 Å². The van der Waals surface area contributed by atoms with Crippen molar-refractivity contribution >= 4 is 6.41 Å². The summed E-state index contributed by atoms with van der Waals surface area (Å²) < 4.78 is 5.25. The average molecular weight is 158 g/mol. The van der Waals surface area contributed by atoms with Crippen molar-refractivity contribution in [2.75, 3.05) is 19.8 Å². The third-order valence-corrected chi connectivity index (χ3v) is 1.92. The molecular formula is C7H14N2O2. The van der Waals surface area contributed by atoms with Crippen LogP contribution in [-0.2, 0) is 9.53 Å². The Hall–Kier alpha value is -0.610. The highest BCUT2D eigenvalue weighted by molar-refractivity contribution is 5.45. The van der Waals surface area contributed by atoms with E-state index in [4.69, 9.17) is 4.74 Å². The first-order valence-electron chi connectivity index (χ1n) is 3.92. The fourth-order valence-electron chi connectivity index (χ4n) is 1.23. The van der Waals surface area contributed by atoms with E-state index in [1.54, 1.807) is 0 Å². The standard InChI is InChI=1S/C7H14N2O2/c1-2-7-5-11-4-3-9(7)8-6-10/h6-7H,2-5H2,1H3,(H,8,10). The summed E-state index contributed by atoms with van der Waals surface area (Å²) in [4.78, 5) is 10.1. The van der Waals surface area contributed by atoms with Crippen LogP contribution in [0.1, 0.15) is 13.3 Å². The van der Waals surface area contributed by atoms with E-state index in [-0.39, 0.29) is 0 Å². The van der Waals surface area contributed by atoms with Crippen LogP contribution in [0.3, 0.4) is 0 Å². The van der Waals surface area contributed by atoms with Gasteiger partial charge in [0.15, 0.2) is 0 Å². The number of hydrogen-bond donors (Lipinski definition) is 1. The number of amides is 1. The molecule has 1 atom stereocenters. The molecule has 0 spiro atoms. The maximum absolute atomic E-state index is 10.1. The van der Waals surface area contributed by atoms with Gasteiger partial charge in [0.2, 0.25) is 6.41 Å². The van der Waals surface area contributed by atoms with Crippen molar-refractivity contribution in [1.29, 1.82) is 0 Å². The first-order valence-corrected chi connectivity index (χ1v) is 3.92. The van der Waals surface area contributed by atoms with Crippen LogP contribution in [0.5, 0.6) is 0 Å². The van der Waals surface area contributed by atoms with Gasteiger partial charge in [-0.2, -0.15) is 0 Å². The van der Waals surface area contributed by atoms with Crippen LogP contribution in [0.4, 0.5) is 0 Å². The number of nitrogens with zero attached hydrogens (tertiary/aromatic N) is 1. The molecule has 1 N–H and O–H groups in total. The summed E-state index contributed by atoms with van der Waals surface area (Å²) in [7, 11) is 0. The number of ether oxygens (including phenoxy) is 1. The third-order valence-electron chi connectivity index (χ3n) is 1.92. The largest absolute Gasteiger partial charge is 0.378 e. The lowest BCUT2D eigenvalue weighted by Gasteiger charge is -2.33. The van der Waals surface area contributed by atoms with Crippen molar-refractivity contribution in [1.82, 2.24) is 10.4 Å². The molecule has 0 saturated carbocycles. The molecule has 0 aromatic heterocycles. The van der Waals surface area contributed by atoms with Gasteiger partial charge in [0.1, 0.15) is 0 Å². The minimum atomic E-state index is 0.342. The molecule has 1 rings (SSSR count). The Morgan fingerprint density at radius 2 is 2.64 bits per heavy atom. The molecule has 1 aliphatic heterocycles. The quantitative estimate of drug-likeness (QED) is 0.576. The van der Waals surface area contributed by atoms with E-state index in [0.29, 0.717) is 19.1 Å². The van der Waals surface area contributed by atoms with Crippen LogP contribution in [0.15, 0.2) is 0 Å². The summed E-state index contributed by atoms with van der Waals surface area (Å²) in [6.45, 7) is 4.30. The highest BCUT2D eigenvalue weighted by Crippen LogP contribution is 2.05. The number of carbonyl (C=O) groups is 1. The van der Waals surface area contributed by atoms with E-state index in [1.165, 1.54) is 0 Å². The van der Waals surface area contributed by atoms with Gasteiger partial charge in [-0.25, -0.2) is 5.01 Å². The van der Waals surface area contributed by atoms with E-state index in [0.717, 1.165) is 19.6 Å². The molecule has 1 saturated heterocycles. The molecule has 0 radical (unpaired) electrons. The Morgan fingerprint density at radius 1 is 1.82 bits per heavy atom. The Bertz CT molecular complexity index is 130. The van der Waals surface area contributed by atoms with E-state index in [2.05, 4.69) is 12.3 Å². The monoisotopic (exact) mass is 158 g/mol. The second-order valence-corrected chi connectivity index (χ2v) is 2.58. The summed E-state index contributed by atoms with van der Waals surface area (Å²) in [5.41, 5.74) is 2.66. The fraction of sp³-hybridized carbons (Fsp3) is 0.857. The normalized spacial score (nSPS) is 26.5. The Balaban J connectivity index is 2.37. The summed E-state index contributed by atoms with van der Waals surface area (Å²) in [5.74, 6) is 0. The van der Waals surface area contributed by atoms with Gasteiger partial charge < -0.3 is 4.74 Å². The first-order chi connectivity index (χ1) is 5.38. The zero-order chi connectivity index (χ0) is 8.10. The highest BCUT2D eigenvalue weighted by Gasteiger charge is 2.20. The molecule has 11 heavy (non-hydrogen) atoms. The second-order valence-electron chi connectivity index (χ2n) is 2.58. The van der Waals surface area contributed by atoms with E-state index < -0.39 is 0 Å². The topological polar surface area (TPSA) is 41.6 Å². The van der Waals surface area contributed by atoms with Crippen LogP contribution < -0.4 is 5.43 Å². The molecule has 1 amide bonds. The van der Waals surface area contributed by atoms with Crippen molar-refractivity contribution in [2.45, 2.75) is 19.4 Å². The molecule has 1 aliphatic rings. The molecule has 1 heterocycles. The molecule has 1 fully saturated rings. The van der Waals surface area contributed by atoms with Crippen molar-refractivity contribution in [3.63, 3.8) is 0 Å². The van der Waals surface area contributed by atoms with Gasteiger partial charge in [-0.15, -0.1) is 0 Å². The van der Waals surface area contributed by atoms with Crippen LogP contribution in [0.25, 0.3) is 0 Å². The summed E-state index contributed by atoms with van der Waals surface area (Å²) in [6, 6.07) is 0.342. The Morgan fingerprint density at radius 3 is 3.27 bits per heavy atom. The molecule has 4 heteroatoms. The number of hydrogen-bond acceptors (Lipinski definition) is 3. The van der Waals surface area contributed by atoms with E-state index >= 15 is 0 Å². The molecule has 1 unspecified atom stereocenters. The van der Waals surface area contributed by atoms with Crippen molar-refractivity contribution in [2.24, 2.45) is 0 Å². The van der Waals surface area contributed by atoms with Crippen molar-refractivity contribution < 1.29 is 9.53 Å². The van der Waals surface area contributed by atoms with Gasteiger partial charge in [-0.3, -0.25) is 10.2 Å². The maximum Gasteiger partial charge on any atom is 0.221 e. The number of morpholine rings is 1. The number of nitrogens with one attached hydrogen (secondary N) is 1. The smallest absolute Gasteiger partial charge is 0.221 e. The molecule has 64 valence electrons. The number of hydrazine groups is 1. The predicted molar refractivity (Wildman–Crippen MR) is 40.8 cm³/mol. The fourth-order valence-corrected chi connectivity index (χ4v) is 1.23. The van der Waals surface area contributed by atoms with E-state index in [1.807, 2.05) is 5.01 Å². The molecule has 4 nitrogen and oxygen atoms in total. The van der Waals surface area contributed by atoms with Crippen LogP contribution >= 0.6 is 0 Å². The Labute approximate surface area is 66.5 Å². The molecular weight excluding hydrogens is 144 g/mol. The molecule has 0 aromatic carbocycles.